The average Bonchev–Trinajstić information content (AvgIpc) is 2.26. The van der Waals surface area contributed by atoms with Crippen LogP contribution in [0.1, 0.15) is 19.3 Å². The number of hydrogen-bond acceptors (Lipinski definition) is 3. The van der Waals surface area contributed by atoms with Crippen LogP contribution in [0, 0.1) is 5.92 Å². The summed E-state index contributed by atoms with van der Waals surface area (Å²) in [6, 6.07) is -0.0887. The van der Waals surface area contributed by atoms with Crippen LogP contribution in [0.3, 0.4) is 0 Å². The summed E-state index contributed by atoms with van der Waals surface area (Å²) in [5, 5.41) is 8.85. The molecule has 1 rings (SSSR count). The predicted molar refractivity (Wildman–Crippen MR) is 56.8 cm³/mol. The molecule has 1 amide bonds. The average molecular weight is 216 g/mol. The molecule has 3 N–H and O–H groups in total. The first-order chi connectivity index (χ1) is 7.15. The van der Waals surface area contributed by atoms with E-state index in [2.05, 4.69) is 0 Å². The number of nitrogens with two attached hydrogens (primary N) is 1. The molecule has 5 nitrogen and oxygen atoms in total. The van der Waals surface area contributed by atoms with Crippen LogP contribution in [0.5, 0.6) is 0 Å². The van der Waals surface area contributed by atoms with Gasteiger partial charge in [0.25, 0.3) is 0 Å². The molecule has 0 bridgehead atoms. The van der Waals surface area contributed by atoms with Gasteiger partial charge in [0.2, 0.25) is 0 Å². The number of nitrogens with zero attached hydrogens (tertiary/aromatic N) is 1. The lowest BCUT2D eigenvalue weighted by atomic mass is 9.94. The van der Waals surface area contributed by atoms with Gasteiger partial charge in [0, 0.05) is 32.8 Å². The lowest BCUT2D eigenvalue weighted by Gasteiger charge is -2.30. The number of carbonyl (C=O) groups is 1. The van der Waals surface area contributed by atoms with Gasteiger partial charge in [0.1, 0.15) is 0 Å². The standard InChI is InChI=1S/C10H20N2O3/c1-12(10(13)14)9(6-11)5-8-3-2-4-15-7-8/h8-9H,2-7,11H2,1H3,(H,13,14)/t8-,9+/m1/s1. The topological polar surface area (TPSA) is 75.8 Å². The SMILES string of the molecule is CN(C(=O)O)[C@H](CN)C[C@H]1CCCOC1. The van der Waals surface area contributed by atoms with Crippen LogP contribution in [0.4, 0.5) is 4.79 Å². The number of ether oxygens (including phenoxy) is 1. The highest BCUT2D eigenvalue weighted by Crippen LogP contribution is 2.20. The largest absolute Gasteiger partial charge is 0.465 e. The monoisotopic (exact) mass is 216 g/mol. The Morgan fingerprint density at radius 2 is 2.47 bits per heavy atom. The zero-order valence-electron chi connectivity index (χ0n) is 9.19. The summed E-state index contributed by atoms with van der Waals surface area (Å²) in [4.78, 5) is 12.1. The number of carboxylic acid groups (broad SMARTS) is 1. The molecule has 5 heteroatoms. The maximum absolute atomic E-state index is 10.8. The van der Waals surface area contributed by atoms with E-state index in [-0.39, 0.29) is 6.04 Å². The zero-order chi connectivity index (χ0) is 11.3. The van der Waals surface area contributed by atoms with Crippen LogP contribution in [-0.2, 0) is 4.74 Å². The lowest BCUT2D eigenvalue weighted by Crippen LogP contribution is -2.43. The van der Waals surface area contributed by atoms with Crippen molar-refractivity contribution in [2.75, 3.05) is 26.8 Å². The van der Waals surface area contributed by atoms with Gasteiger partial charge in [0.15, 0.2) is 0 Å². The minimum Gasteiger partial charge on any atom is -0.465 e. The fourth-order valence-electron chi connectivity index (χ4n) is 1.95. The second-order valence-electron chi connectivity index (χ2n) is 4.10. The molecule has 0 aromatic heterocycles. The summed E-state index contributed by atoms with van der Waals surface area (Å²) in [6.45, 7) is 1.95. The molecule has 1 aliphatic heterocycles. The third-order valence-corrected chi connectivity index (χ3v) is 2.98. The first-order valence-electron chi connectivity index (χ1n) is 5.38. The summed E-state index contributed by atoms with van der Waals surface area (Å²) in [5.41, 5.74) is 5.58. The molecule has 0 unspecified atom stereocenters. The van der Waals surface area contributed by atoms with Crippen LogP contribution in [0.25, 0.3) is 0 Å². The molecule has 15 heavy (non-hydrogen) atoms. The van der Waals surface area contributed by atoms with E-state index in [1.54, 1.807) is 7.05 Å². The molecule has 0 spiro atoms. The lowest BCUT2D eigenvalue weighted by molar-refractivity contribution is 0.0405. The molecule has 0 aliphatic carbocycles. The Kier molecular flexibility index (Phi) is 4.84. The zero-order valence-corrected chi connectivity index (χ0v) is 9.19. The molecule has 88 valence electrons. The van der Waals surface area contributed by atoms with E-state index >= 15 is 0 Å². The molecule has 0 aromatic rings. The Labute approximate surface area is 90.2 Å². The van der Waals surface area contributed by atoms with E-state index < -0.39 is 6.09 Å². The number of rotatable bonds is 4. The molecule has 0 radical (unpaired) electrons. The van der Waals surface area contributed by atoms with Gasteiger partial charge in [-0.2, -0.15) is 0 Å². The fraction of sp³-hybridized carbons (Fsp3) is 0.900. The Hall–Kier alpha value is -0.810. The van der Waals surface area contributed by atoms with Crippen molar-refractivity contribution in [3.05, 3.63) is 0 Å². The third kappa shape index (κ3) is 3.68. The quantitative estimate of drug-likeness (QED) is 0.726. The molecule has 0 saturated carbocycles. The van der Waals surface area contributed by atoms with E-state index in [1.807, 2.05) is 0 Å². The highest BCUT2D eigenvalue weighted by molar-refractivity contribution is 5.64. The molecule has 2 atom stereocenters. The Morgan fingerprint density at radius 1 is 1.73 bits per heavy atom. The highest BCUT2D eigenvalue weighted by Gasteiger charge is 2.23. The van der Waals surface area contributed by atoms with Crippen LogP contribution in [0.15, 0.2) is 0 Å². The number of amides is 1. The van der Waals surface area contributed by atoms with E-state index in [0.29, 0.717) is 12.5 Å². The second-order valence-corrected chi connectivity index (χ2v) is 4.10. The second kappa shape index (κ2) is 5.92. The minimum absolute atomic E-state index is 0.0887. The first-order valence-corrected chi connectivity index (χ1v) is 5.38. The molecule has 0 aromatic carbocycles. The van der Waals surface area contributed by atoms with Crippen molar-refractivity contribution in [3.8, 4) is 0 Å². The summed E-state index contributed by atoms with van der Waals surface area (Å²) in [6.07, 6.45) is 2.07. The van der Waals surface area contributed by atoms with Crippen molar-refractivity contribution in [3.63, 3.8) is 0 Å². The van der Waals surface area contributed by atoms with Crippen molar-refractivity contribution >= 4 is 6.09 Å². The smallest absolute Gasteiger partial charge is 0.407 e. The summed E-state index contributed by atoms with van der Waals surface area (Å²) in [5.74, 6) is 0.453. The van der Waals surface area contributed by atoms with E-state index in [9.17, 15) is 4.79 Å². The van der Waals surface area contributed by atoms with Gasteiger partial charge in [-0.3, -0.25) is 0 Å². The van der Waals surface area contributed by atoms with Gasteiger partial charge in [-0.25, -0.2) is 4.79 Å². The molecule has 1 heterocycles. The van der Waals surface area contributed by atoms with Crippen LogP contribution in [0.2, 0.25) is 0 Å². The van der Waals surface area contributed by atoms with Crippen LogP contribution < -0.4 is 5.73 Å². The normalized spacial score (nSPS) is 23.5. The molecular formula is C10H20N2O3. The van der Waals surface area contributed by atoms with Crippen molar-refractivity contribution < 1.29 is 14.6 Å². The Morgan fingerprint density at radius 3 is 2.93 bits per heavy atom. The van der Waals surface area contributed by atoms with Crippen molar-refractivity contribution in [2.45, 2.75) is 25.3 Å². The summed E-state index contributed by atoms with van der Waals surface area (Å²) < 4.78 is 5.36. The van der Waals surface area contributed by atoms with Gasteiger partial charge in [-0.05, 0) is 25.2 Å². The van der Waals surface area contributed by atoms with E-state index in [1.165, 1.54) is 4.90 Å². The minimum atomic E-state index is -0.915. The van der Waals surface area contributed by atoms with Crippen LogP contribution >= 0.6 is 0 Å². The number of hydrogen-bond donors (Lipinski definition) is 2. The van der Waals surface area contributed by atoms with Gasteiger partial charge in [0.05, 0.1) is 0 Å². The third-order valence-electron chi connectivity index (χ3n) is 2.98. The van der Waals surface area contributed by atoms with E-state index in [0.717, 1.165) is 32.5 Å². The van der Waals surface area contributed by atoms with Crippen LogP contribution in [-0.4, -0.2) is 48.9 Å². The summed E-state index contributed by atoms with van der Waals surface area (Å²) in [7, 11) is 1.57. The number of likely N-dealkylation sites (N-methyl/N-ethyl adjacent to an activating group) is 1. The highest BCUT2D eigenvalue weighted by atomic mass is 16.5. The van der Waals surface area contributed by atoms with Gasteiger partial charge in [-0.15, -0.1) is 0 Å². The fourth-order valence-corrected chi connectivity index (χ4v) is 1.95. The molecule has 1 aliphatic rings. The molecule has 1 saturated heterocycles. The van der Waals surface area contributed by atoms with Crippen molar-refractivity contribution in [1.29, 1.82) is 0 Å². The maximum Gasteiger partial charge on any atom is 0.407 e. The van der Waals surface area contributed by atoms with Crippen molar-refractivity contribution in [2.24, 2.45) is 11.7 Å². The maximum atomic E-state index is 10.8. The van der Waals surface area contributed by atoms with Gasteiger partial charge < -0.3 is 20.5 Å². The molecule has 1 fully saturated rings. The Balaban J connectivity index is 2.41. The van der Waals surface area contributed by atoms with Crippen molar-refractivity contribution in [1.82, 2.24) is 4.90 Å². The first kappa shape index (κ1) is 12.3. The predicted octanol–water partition coefficient (Wildman–Crippen LogP) is 0.740. The molecular weight excluding hydrogens is 196 g/mol. The van der Waals surface area contributed by atoms with Gasteiger partial charge in [-0.1, -0.05) is 0 Å². The summed E-state index contributed by atoms with van der Waals surface area (Å²) >= 11 is 0. The van der Waals surface area contributed by atoms with Gasteiger partial charge >= 0.3 is 6.09 Å². The van der Waals surface area contributed by atoms with E-state index in [4.69, 9.17) is 15.6 Å². The Bertz CT molecular complexity index is 205.